The zero-order chi connectivity index (χ0) is 15.9. The van der Waals surface area contributed by atoms with Crippen molar-refractivity contribution in [1.29, 1.82) is 0 Å². The van der Waals surface area contributed by atoms with Crippen LogP contribution in [-0.2, 0) is 6.18 Å². The third kappa shape index (κ3) is 2.67. The molecule has 0 atom stereocenters. The van der Waals surface area contributed by atoms with Gasteiger partial charge in [0.15, 0.2) is 0 Å². The van der Waals surface area contributed by atoms with Crippen molar-refractivity contribution in [3.8, 4) is 10.4 Å². The number of halogens is 3. The molecule has 0 aliphatic heterocycles. The van der Waals surface area contributed by atoms with Crippen LogP contribution >= 0.6 is 11.3 Å². The van der Waals surface area contributed by atoms with Gasteiger partial charge >= 0.3 is 6.18 Å². The molecule has 3 rings (SSSR count). The first-order chi connectivity index (χ1) is 10.3. The molecule has 0 N–H and O–H groups in total. The number of hydrogen-bond acceptors (Lipinski definition) is 3. The van der Waals surface area contributed by atoms with E-state index in [-0.39, 0.29) is 5.69 Å². The molecule has 0 aliphatic carbocycles. The van der Waals surface area contributed by atoms with Gasteiger partial charge in [-0.25, -0.2) is 0 Å². The quantitative estimate of drug-likeness (QED) is 0.462. The molecule has 112 valence electrons. The van der Waals surface area contributed by atoms with Crippen molar-refractivity contribution >= 4 is 27.1 Å². The predicted molar refractivity (Wildman–Crippen MR) is 78.9 cm³/mol. The third-order valence-corrected chi connectivity index (χ3v) is 4.37. The van der Waals surface area contributed by atoms with E-state index in [0.717, 1.165) is 27.3 Å². The molecule has 3 aromatic rings. The summed E-state index contributed by atoms with van der Waals surface area (Å²) in [4.78, 5) is 10.9. The normalized spacial score (nSPS) is 11.8. The topological polar surface area (TPSA) is 43.1 Å². The van der Waals surface area contributed by atoms with Crippen molar-refractivity contribution in [2.24, 2.45) is 0 Å². The van der Waals surface area contributed by atoms with Gasteiger partial charge in [0, 0.05) is 21.7 Å². The molecule has 1 aromatic heterocycles. The SMILES string of the molecule is O=[N+]([O-])c1ccc(-c2cc3cc(C(F)(F)F)ccc3s2)cc1. The molecule has 0 amide bonds. The first kappa shape index (κ1) is 14.5. The van der Waals surface area contributed by atoms with E-state index in [1.165, 1.54) is 29.5 Å². The maximum atomic E-state index is 12.7. The molecular weight excluding hydrogens is 315 g/mol. The lowest BCUT2D eigenvalue weighted by molar-refractivity contribution is -0.384. The first-order valence-corrected chi connectivity index (χ1v) is 7.02. The Hall–Kier alpha value is -2.41. The number of non-ortho nitro benzene ring substituents is 1. The second-order valence-electron chi connectivity index (χ2n) is 4.66. The fourth-order valence-electron chi connectivity index (χ4n) is 2.11. The van der Waals surface area contributed by atoms with Gasteiger partial charge in [-0.05, 0) is 47.3 Å². The fraction of sp³-hybridized carbons (Fsp3) is 0.0667. The van der Waals surface area contributed by atoms with Crippen LogP contribution in [0.1, 0.15) is 5.56 Å². The van der Waals surface area contributed by atoms with Crippen LogP contribution in [0.2, 0.25) is 0 Å². The van der Waals surface area contributed by atoms with Crippen LogP contribution in [0.3, 0.4) is 0 Å². The van der Waals surface area contributed by atoms with Crippen molar-refractivity contribution in [2.75, 3.05) is 0 Å². The second-order valence-corrected chi connectivity index (χ2v) is 5.75. The number of nitrogens with zero attached hydrogens (tertiary/aromatic N) is 1. The monoisotopic (exact) mass is 323 g/mol. The highest BCUT2D eigenvalue weighted by molar-refractivity contribution is 7.22. The smallest absolute Gasteiger partial charge is 0.258 e. The number of nitro groups is 1. The van der Waals surface area contributed by atoms with E-state index in [1.807, 2.05) is 0 Å². The largest absolute Gasteiger partial charge is 0.416 e. The maximum Gasteiger partial charge on any atom is 0.416 e. The summed E-state index contributed by atoms with van der Waals surface area (Å²) in [6.07, 6.45) is -4.37. The molecule has 0 aliphatic rings. The highest BCUT2D eigenvalue weighted by Crippen LogP contribution is 2.37. The van der Waals surface area contributed by atoms with Gasteiger partial charge in [0.05, 0.1) is 10.5 Å². The molecule has 0 radical (unpaired) electrons. The van der Waals surface area contributed by atoms with E-state index in [0.29, 0.717) is 5.39 Å². The van der Waals surface area contributed by atoms with Crippen LogP contribution in [0.4, 0.5) is 18.9 Å². The highest BCUT2D eigenvalue weighted by Gasteiger charge is 2.30. The molecule has 0 fully saturated rings. The molecule has 0 spiro atoms. The van der Waals surface area contributed by atoms with Gasteiger partial charge in [-0.3, -0.25) is 10.1 Å². The Morgan fingerprint density at radius 2 is 1.68 bits per heavy atom. The summed E-state index contributed by atoms with van der Waals surface area (Å²) in [6.45, 7) is 0. The van der Waals surface area contributed by atoms with Crippen molar-refractivity contribution in [3.63, 3.8) is 0 Å². The third-order valence-electron chi connectivity index (χ3n) is 3.21. The minimum Gasteiger partial charge on any atom is -0.258 e. The summed E-state index contributed by atoms with van der Waals surface area (Å²) in [6, 6.07) is 11.2. The van der Waals surface area contributed by atoms with Crippen molar-refractivity contribution < 1.29 is 18.1 Å². The number of benzene rings is 2. The Labute approximate surface area is 126 Å². The molecule has 1 heterocycles. The lowest BCUT2D eigenvalue weighted by Crippen LogP contribution is -2.03. The van der Waals surface area contributed by atoms with Crippen LogP contribution < -0.4 is 0 Å². The molecule has 3 nitrogen and oxygen atoms in total. The Bertz CT molecular complexity index is 853. The summed E-state index contributed by atoms with van der Waals surface area (Å²) in [7, 11) is 0. The fourth-order valence-corrected chi connectivity index (χ4v) is 3.16. The van der Waals surface area contributed by atoms with E-state index in [1.54, 1.807) is 18.2 Å². The average Bonchev–Trinajstić information content (AvgIpc) is 2.89. The zero-order valence-corrected chi connectivity index (χ0v) is 11.7. The molecule has 7 heteroatoms. The lowest BCUT2D eigenvalue weighted by atomic mass is 10.1. The maximum absolute atomic E-state index is 12.7. The average molecular weight is 323 g/mol. The second kappa shape index (κ2) is 5.10. The number of fused-ring (bicyclic) bond motifs is 1. The number of nitro benzene ring substituents is 1. The van der Waals surface area contributed by atoms with Gasteiger partial charge in [-0.1, -0.05) is 0 Å². The van der Waals surface area contributed by atoms with E-state index in [9.17, 15) is 23.3 Å². The van der Waals surface area contributed by atoms with Crippen molar-refractivity contribution in [1.82, 2.24) is 0 Å². The van der Waals surface area contributed by atoms with Crippen molar-refractivity contribution in [3.05, 3.63) is 64.2 Å². The van der Waals surface area contributed by atoms with Gasteiger partial charge in [0.2, 0.25) is 0 Å². The van der Waals surface area contributed by atoms with E-state index >= 15 is 0 Å². The van der Waals surface area contributed by atoms with Gasteiger partial charge < -0.3 is 0 Å². The number of alkyl halides is 3. The van der Waals surface area contributed by atoms with Gasteiger partial charge in [-0.15, -0.1) is 11.3 Å². The summed E-state index contributed by atoms with van der Waals surface area (Å²) in [5, 5.41) is 11.1. The lowest BCUT2D eigenvalue weighted by Gasteiger charge is -2.05. The van der Waals surface area contributed by atoms with E-state index in [2.05, 4.69) is 0 Å². The Balaban J connectivity index is 2.03. The predicted octanol–water partition coefficient (Wildman–Crippen LogP) is 5.50. The molecule has 22 heavy (non-hydrogen) atoms. The van der Waals surface area contributed by atoms with Crippen LogP contribution in [0, 0.1) is 10.1 Å². The minimum atomic E-state index is -4.37. The number of rotatable bonds is 2. The molecule has 0 saturated carbocycles. The van der Waals surface area contributed by atoms with Crippen LogP contribution in [0.15, 0.2) is 48.5 Å². The van der Waals surface area contributed by atoms with E-state index < -0.39 is 16.7 Å². The van der Waals surface area contributed by atoms with Crippen LogP contribution in [-0.4, -0.2) is 4.92 Å². The highest BCUT2D eigenvalue weighted by atomic mass is 32.1. The summed E-state index contributed by atoms with van der Waals surface area (Å²) in [5.74, 6) is 0. The Kier molecular flexibility index (Phi) is 3.37. The minimum absolute atomic E-state index is 0.0239. The summed E-state index contributed by atoms with van der Waals surface area (Å²) < 4.78 is 38.9. The summed E-state index contributed by atoms with van der Waals surface area (Å²) in [5.41, 5.74) is 0.0256. The summed E-state index contributed by atoms with van der Waals surface area (Å²) >= 11 is 1.35. The van der Waals surface area contributed by atoms with Gasteiger partial charge in [-0.2, -0.15) is 13.2 Å². The molecule has 0 saturated heterocycles. The molecule has 0 bridgehead atoms. The number of thiophene rings is 1. The van der Waals surface area contributed by atoms with Gasteiger partial charge in [0.1, 0.15) is 0 Å². The van der Waals surface area contributed by atoms with Crippen LogP contribution in [0.5, 0.6) is 0 Å². The van der Waals surface area contributed by atoms with Crippen molar-refractivity contribution in [2.45, 2.75) is 6.18 Å². The molecular formula is C15H8F3NO2S. The Morgan fingerprint density at radius 3 is 2.27 bits per heavy atom. The van der Waals surface area contributed by atoms with E-state index in [4.69, 9.17) is 0 Å². The molecule has 0 unspecified atom stereocenters. The molecule has 2 aromatic carbocycles. The Morgan fingerprint density at radius 1 is 1.00 bits per heavy atom. The van der Waals surface area contributed by atoms with Gasteiger partial charge in [0.25, 0.3) is 5.69 Å². The van der Waals surface area contributed by atoms with Crippen LogP contribution in [0.25, 0.3) is 20.5 Å². The standard InChI is InChI=1S/C15H8F3NO2S/c16-15(17,18)11-3-6-13-10(7-11)8-14(22-13)9-1-4-12(5-2-9)19(20)21/h1-8H. The first-order valence-electron chi connectivity index (χ1n) is 6.20. The number of hydrogen-bond donors (Lipinski definition) is 0. The zero-order valence-electron chi connectivity index (χ0n) is 10.9.